The second-order valence-corrected chi connectivity index (χ2v) is 17.0. The lowest BCUT2D eigenvalue weighted by Gasteiger charge is -2.36. The Bertz CT molecular complexity index is 2470. The number of ketones is 2. The van der Waals surface area contributed by atoms with Crippen LogP contribution in [0.5, 0.6) is 0 Å². The molecular weight excluding hydrogens is 745 g/mol. The average molecular weight is 795 g/mol. The number of rotatable bonds is 10. The standard InChI is InChI=1S/C58H50O3/c59-57-53(41-23-11-3-12-24-41)49(39-19-7-1-8-20-39)51(55(57)43-27-15-5-16-28-43)45-31-35-47(36-32-45)61-48-37-33-46(34-38-48)52-50(40-21-9-2-10-22-40)54(42-25-13-4-14-26-42)58(60)56(52)44-29-17-6-18-30-44/h1-30,45-48H,31-38H2. The maximum atomic E-state index is 14.7. The molecule has 4 aliphatic carbocycles. The summed E-state index contributed by atoms with van der Waals surface area (Å²) in [6.07, 6.45) is 8.12. The third kappa shape index (κ3) is 7.53. The van der Waals surface area contributed by atoms with E-state index in [0.29, 0.717) is 0 Å². The van der Waals surface area contributed by atoms with Crippen molar-refractivity contribution in [1.29, 1.82) is 0 Å². The number of benzene rings is 6. The van der Waals surface area contributed by atoms with Gasteiger partial charge in [0.05, 0.1) is 12.2 Å². The van der Waals surface area contributed by atoms with Crippen molar-refractivity contribution < 1.29 is 14.3 Å². The van der Waals surface area contributed by atoms with Gasteiger partial charge in [-0.25, -0.2) is 0 Å². The van der Waals surface area contributed by atoms with Crippen LogP contribution >= 0.6 is 0 Å². The van der Waals surface area contributed by atoms with Crippen molar-refractivity contribution in [3.8, 4) is 0 Å². The van der Waals surface area contributed by atoms with Crippen molar-refractivity contribution in [3.05, 3.63) is 227 Å². The number of Topliss-reactive ketones (excluding diaryl/α,β-unsaturated/α-hetero) is 2. The summed E-state index contributed by atoms with van der Waals surface area (Å²) in [4.78, 5) is 29.5. The highest BCUT2D eigenvalue weighted by Gasteiger charge is 2.41. The molecule has 0 aliphatic heterocycles. The van der Waals surface area contributed by atoms with E-state index in [0.717, 1.165) is 118 Å². The molecule has 0 heterocycles. The lowest BCUT2D eigenvalue weighted by Crippen LogP contribution is -2.30. The number of ether oxygens (including phenoxy) is 1. The van der Waals surface area contributed by atoms with E-state index >= 15 is 0 Å². The number of carbonyl (C=O) groups is 2. The van der Waals surface area contributed by atoms with Gasteiger partial charge in [0.25, 0.3) is 0 Å². The van der Waals surface area contributed by atoms with Crippen LogP contribution in [0.25, 0.3) is 33.4 Å². The van der Waals surface area contributed by atoms with Gasteiger partial charge in [0.1, 0.15) is 0 Å². The Hall–Kier alpha value is -6.42. The lowest BCUT2D eigenvalue weighted by molar-refractivity contribution is -0.109. The molecule has 0 amide bonds. The van der Waals surface area contributed by atoms with Gasteiger partial charge in [0.2, 0.25) is 0 Å². The van der Waals surface area contributed by atoms with Gasteiger partial charge in [-0.2, -0.15) is 0 Å². The van der Waals surface area contributed by atoms with Crippen molar-refractivity contribution in [2.24, 2.45) is 11.8 Å². The quantitative estimate of drug-likeness (QED) is 0.139. The molecule has 0 bridgehead atoms. The molecule has 0 N–H and O–H groups in total. The van der Waals surface area contributed by atoms with E-state index in [1.165, 1.54) is 11.1 Å². The minimum absolute atomic E-state index is 0.122. The van der Waals surface area contributed by atoms with Gasteiger partial charge < -0.3 is 4.74 Å². The summed E-state index contributed by atoms with van der Waals surface area (Å²) in [6.45, 7) is 0. The smallest absolute Gasteiger partial charge is 0.195 e. The third-order valence-electron chi connectivity index (χ3n) is 13.4. The predicted octanol–water partition coefficient (Wildman–Crippen LogP) is 13.4. The van der Waals surface area contributed by atoms with E-state index in [-0.39, 0.29) is 35.6 Å². The fraction of sp³-hybridized carbons (Fsp3) is 0.207. The van der Waals surface area contributed by atoms with Crippen LogP contribution in [0.2, 0.25) is 0 Å². The maximum Gasteiger partial charge on any atom is 0.195 e. The number of allylic oxidation sites excluding steroid dienone is 8. The molecule has 0 unspecified atom stereocenters. The third-order valence-corrected chi connectivity index (χ3v) is 13.4. The molecule has 4 aliphatic rings. The van der Waals surface area contributed by atoms with Gasteiger partial charge in [0, 0.05) is 22.3 Å². The molecule has 10 rings (SSSR count). The largest absolute Gasteiger partial charge is 0.375 e. The SMILES string of the molecule is O=C1C(c2ccccc2)=C(c2ccccc2)C(C2CCC(OC3CCC(C4=C(c5ccccc5)C(=O)C(c5ccccc5)=C4c4ccccc4)CC3)CC2)=C1c1ccccc1. The fourth-order valence-electron chi connectivity index (χ4n) is 10.7. The Labute approximate surface area is 359 Å². The first kappa shape index (κ1) is 38.8. The summed E-state index contributed by atoms with van der Waals surface area (Å²) in [7, 11) is 0. The van der Waals surface area contributed by atoms with Gasteiger partial charge in [-0.3, -0.25) is 9.59 Å². The minimum atomic E-state index is 0.122. The zero-order valence-corrected chi connectivity index (χ0v) is 34.5. The van der Waals surface area contributed by atoms with E-state index in [1.54, 1.807) is 0 Å². The number of hydrogen-bond acceptors (Lipinski definition) is 3. The van der Waals surface area contributed by atoms with Gasteiger partial charge in [-0.05, 0) is 119 Å². The Morgan fingerprint density at radius 3 is 0.770 bits per heavy atom. The molecule has 0 radical (unpaired) electrons. The van der Waals surface area contributed by atoms with Crippen LogP contribution in [-0.2, 0) is 14.3 Å². The van der Waals surface area contributed by atoms with Crippen LogP contribution in [0.3, 0.4) is 0 Å². The minimum Gasteiger partial charge on any atom is -0.375 e. The first-order valence-electron chi connectivity index (χ1n) is 22.2. The molecule has 6 aromatic carbocycles. The van der Waals surface area contributed by atoms with Crippen molar-refractivity contribution in [3.63, 3.8) is 0 Å². The van der Waals surface area contributed by atoms with Crippen LogP contribution in [0.1, 0.15) is 84.7 Å². The second kappa shape index (κ2) is 17.3. The first-order valence-corrected chi connectivity index (χ1v) is 22.2. The summed E-state index contributed by atoms with van der Waals surface area (Å²) in [5.41, 5.74) is 14.0. The monoisotopic (exact) mass is 794 g/mol. The molecule has 61 heavy (non-hydrogen) atoms. The van der Waals surface area contributed by atoms with Crippen LogP contribution in [0.15, 0.2) is 193 Å². The number of hydrogen-bond donors (Lipinski definition) is 0. The summed E-state index contributed by atoms with van der Waals surface area (Å²) in [5.74, 6) is 0.738. The van der Waals surface area contributed by atoms with Crippen LogP contribution in [0, 0.1) is 11.8 Å². The number of carbonyl (C=O) groups excluding carboxylic acids is 2. The topological polar surface area (TPSA) is 43.4 Å². The summed E-state index contributed by atoms with van der Waals surface area (Å²) in [5, 5.41) is 0. The van der Waals surface area contributed by atoms with Crippen molar-refractivity contribution in [1.82, 2.24) is 0 Å². The molecule has 3 nitrogen and oxygen atoms in total. The Morgan fingerprint density at radius 1 is 0.279 bits per heavy atom. The summed E-state index contributed by atoms with van der Waals surface area (Å²) >= 11 is 0. The van der Waals surface area contributed by atoms with Crippen molar-refractivity contribution >= 4 is 45.0 Å². The van der Waals surface area contributed by atoms with Gasteiger partial charge in [-0.1, -0.05) is 182 Å². The molecule has 300 valence electrons. The van der Waals surface area contributed by atoms with Gasteiger partial charge in [-0.15, -0.1) is 0 Å². The fourth-order valence-corrected chi connectivity index (χ4v) is 10.7. The van der Waals surface area contributed by atoms with E-state index in [9.17, 15) is 9.59 Å². The van der Waals surface area contributed by atoms with Crippen LogP contribution < -0.4 is 0 Å². The first-order chi connectivity index (χ1) is 30.1. The van der Waals surface area contributed by atoms with E-state index in [2.05, 4.69) is 97.1 Å². The highest BCUT2D eigenvalue weighted by molar-refractivity contribution is 6.53. The van der Waals surface area contributed by atoms with E-state index in [1.807, 2.05) is 84.9 Å². The Balaban J connectivity index is 0.903. The second-order valence-electron chi connectivity index (χ2n) is 17.0. The Morgan fingerprint density at radius 2 is 0.508 bits per heavy atom. The molecule has 2 saturated carbocycles. The van der Waals surface area contributed by atoms with Crippen LogP contribution in [-0.4, -0.2) is 23.8 Å². The molecular formula is C58H50O3. The van der Waals surface area contributed by atoms with Crippen molar-refractivity contribution in [2.75, 3.05) is 0 Å². The van der Waals surface area contributed by atoms with Gasteiger partial charge >= 0.3 is 0 Å². The van der Waals surface area contributed by atoms with Crippen LogP contribution in [0.4, 0.5) is 0 Å². The van der Waals surface area contributed by atoms with Crippen molar-refractivity contribution in [2.45, 2.75) is 63.6 Å². The predicted molar refractivity (Wildman–Crippen MR) is 249 cm³/mol. The van der Waals surface area contributed by atoms with Gasteiger partial charge in [0.15, 0.2) is 11.6 Å². The van der Waals surface area contributed by atoms with E-state index < -0.39 is 0 Å². The highest BCUT2D eigenvalue weighted by Crippen LogP contribution is 2.53. The molecule has 6 aromatic rings. The molecule has 0 spiro atoms. The zero-order chi connectivity index (χ0) is 41.1. The Kier molecular flexibility index (Phi) is 11.0. The summed E-state index contributed by atoms with van der Waals surface area (Å²) < 4.78 is 7.03. The molecule has 0 saturated heterocycles. The normalized spacial score (nSPS) is 22.1. The molecule has 0 aromatic heterocycles. The lowest BCUT2D eigenvalue weighted by atomic mass is 9.76. The zero-order valence-electron chi connectivity index (χ0n) is 34.5. The summed E-state index contributed by atoms with van der Waals surface area (Å²) in [6, 6.07) is 62.1. The maximum absolute atomic E-state index is 14.7. The molecule has 3 heteroatoms. The molecule has 0 atom stereocenters. The van der Waals surface area contributed by atoms with E-state index in [4.69, 9.17) is 4.74 Å². The molecule has 2 fully saturated rings. The highest BCUT2D eigenvalue weighted by atomic mass is 16.5. The average Bonchev–Trinajstić information content (AvgIpc) is 3.82.